The molecule has 0 aliphatic carbocycles. The van der Waals surface area contributed by atoms with Gasteiger partial charge in [0.15, 0.2) is 0 Å². The van der Waals surface area contributed by atoms with E-state index in [1.165, 1.54) is 0 Å². The number of halogens is 7. The number of carbonyl (C=O) groups is 1. The maximum atomic E-state index is 12.9. The molecule has 0 atom stereocenters. The van der Waals surface area contributed by atoms with Crippen molar-refractivity contribution in [2.75, 3.05) is 7.11 Å². The van der Waals surface area contributed by atoms with Crippen LogP contribution in [0.1, 0.15) is 11.1 Å². The number of alkyl halides is 6. The molecule has 0 aliphatic rings. The molecular formula is C10H6F6INO3. The Labute approximate surface area is 127 Å². The molecule has 0 bridgehead atoms. The highest BCUT2D eigenvalue weighted by Crippen LogP contribution is 2.37. The van der Waals surface area contributed by atoms with E-state index in [4.69, 9.17) is 0 Å². The quantitative estimate of drug-likeness (QED) is 0.320. The molecule has 0 unspecified atom stereocenters. The average Bonchev–Trinajstić information content (AvgIpc) is 2.23. The summed E-state index contributed by atoms with van der Waals surface area (Å²) in [5, 5.41) is 0. The van der Waals surface area contributed by atoms with Crippen LogP contribution in [0.2, 0.25) is 0 Å². The number of hydrogen-bond donors (Lipinski definition) is 0. The normalized spacial score (nSPS) is 12.2. The molecule has 0 aliphatic heterocycles. The molecule has 21 heavy (non-hydrogen) atoms. The van der Waals surface area contributed by atoms with Gasteiger partial charge in [-0.25, -0.2) is 4.98 Å². The minimum Gasteiger partial charge on any atom is -0.469 e. The van der Waals surface area contributed by atoms with Crippen LogP contribution in [-0.2, 0) is 22.1 Å². The number of aromatic nitrogens is 1. The number of hydrogen-bond acceptors (Lipinski definition) is 4. The van der Waals surface area contributed by atoms with Crippen molar-refractivity contribution in [2.24, 2.45) is 0 Å². The highest BCUT2D eigenvalue weighted by atomic mass is 127. The van der Waals surface area contributed by atoms with Gasteiger partial charge in [-0.15, -0.1) is 13.2 Å². The Bertz CT molecular complexity index is 543. The van der Waals surface area contributed by atoms with E-state index in [-0.39, 0.29) is 0 Å². The van der Waals surface area contributed by atoms with Gasteiger partial charge in [0, 0.05) is 6.07 Å². The van der Waals surface area contributed by atoms with Crippen LogP contribution in [0.5, 0.6) is 5.88 Å². The fourth-order valence-electron chi connectivity index (χ4n) is 1.38. The Balaban J connectivity index is 3.35. The second-order valence-electron chi connectivity index (χ2n) is 3.58. The van der Waals surface area contributed by atoms with Crippen LogP contribution in [-0.4, -0.2) is 24.4 Å². The van der Waals surface area contributed by atoms with E-state index in [0.717, 1.165) is 29.7 Å². The van der Waals surface area contributed by atoms with E-state index in [9.17, 15) is 31.1 Å². The summed E-state index contributed by atoms with van der Waals surface area (Å²) in [4.78, 5) is 14.2. The zero-order chi connectivity index (χ0) is 16.4. The molecule has 1 aromatic rings. The standard InChI is InChI=1S/C10H6F6INO3/c1-20-6(19)3-4-2-5(21-10(14,15)16)18-8(17)7(4)9(11,12)13/h2H,3H2,1H3. The zero-order valence-corrected chi connectivity index (χ0v) is 12.3. The highest BCUT2D eigenvalue weighted by molar-refractivity contribution is 14.1. The lowest BCUT2D eigenvalue weighted by Crippen LogP contribution is -2.21. The van der Waals surface area contributed by atoms with E-state index < -0.39 is 45.6 Å². The molecular weight excluding hydrogens is 423 g/mol. The van der Waals surface area contributed by atoms with E-state index in [1.54, 1.807) is 0 Å². The number of ether oxygens (including phenoxy) is 2. The molecule has 1 heterocycles. The fourth-order valence-corrected chi connectivity index (χ4v) is 2.27. The Morgan fingerprint density at radius 3 is 2.29 bits per heavy atom. The molecule has 4 nitrogen and oxygen atoms in total. The van der Waals surface area contributed by atoms with Crippen LogP contribution in [0.25, 0.3) is 0 Å². The van der Waals surface area contributed by atoms with Crippen LogP contribution in [0.3, 0.4) is 0 Å². The summed E-state index contributed by atoms with van der Waals surface area (Å²) in [6.07, 6.45) is -10.9. The maximum absolute atomic E-state index is 12.9. The lowest BCUT2D eigenvalue weighted by molar-refractivity contribution is -0.276. The molecule has 0 spiro atoms. The Morgan fingerprint density at radius 2 is 1.86 bits per heavy atom. The van der Waals surface area contributed by atoms with E-state index in [1.807, 2.05) is 0 Å². The van der Waals surface area contributed by atoms with Crippen molar-refractivity contribution >= 4 is 28.6 Å². The van der Waals surface area contributed by atoms with Crippen molar-refractivity contribution in [1.29, 1.82) is 0 Å². The molecule has 1 aromatic heterocycles. The van der Waals surface area contributed by atoms with Crippen molar-refractivity contribution in [1.82, 2.24) is 4.98 Å². The number of rotatable bonds is 3. The van der Waals surface area contributed by atoms with Gasteiger partial charge in [-0.3, -0.25) is 4.79 Å². The van der Waals surface area contributed by atoms with Crippen LogP contribution >= 0.6 is 22.6 Å². The highest BCUT2D eigenvalue weighted by Gasteiger charge is 2.39. The summed E-state index contributed by atoms with van der Waals surface area (Å²) in [5.41, 5.74) is -2.02. The van der Waals surface area contributed by atoms with Crippen molar-refractivity contribution in [3.05, 3.63) is 20.9 Å². The maximum Gasteiger partial charge on any atom is 0.574 e. The summed E-state index contributed by atoms with van der Waals surface area (Å²) in [5.74, 6) is -2.13. The first-order valence-electron chi connectivity index (χ1n) is 5.03. The molecule has 1 rings (SSSR count). The van der Waals surface area contributed by atoms with Crippen LogP contribution in [0.15, 0.2) is 6.07 Å². The topological polar surface area (TPSA) is 48.4 Å². The van der Waals surface area contributed by atoms with Gasteiger partial charge in [-0.2, -0.15) is 13.2 Å². The third-order valence-corrected chi connectivity index (χ3v) is 2.88. The second-order valence-corrected chi connectivity index (χ2v) is 4.61. The van der Waals surface area contributed by atoms with Crippen LogP contribution in [0.4, 0.5) is 26.3 Å². The van der Waals surface area contributed by atoms with Gasteiger partial charge in [-0.05, 0) is 28.2 Å². The summed E-state index contributed by atoms with van der Waals surface area (Å²) in [7, 11) is 0.939. The molecule has 0 saturated carbocycles. The Kier molecular flexibility index (Phi) is 5.28. The van der Waals surface area contributed by atoms with Gasteiger partial charge in [0.2, 0.25) is 5.88 Å². The number of methoxy groups -OCH3 is 1. The Hall–Kier alpha value is -1.27. The summed E-state index contributed by atoms with van der Waals surface area (Å²) < 4.78 is 81.8. The molecule has 0 N–H and O–H groups in total. The van der Waals surface area contributed by atoms with E-state index in [0.29, 0.717) is 6.07 Å². The van der Waals surface area contributed by atoms with Gasteiger partial charge in [0.1, 0.15) is 3.70 Å². The van der Waals surface area contributed by atoms with Gasteiger partial charge in [-0.1, -0.05) is 0 Å². The predicted octanol–water partition coefficient (Wildman–Crippen LogP) is 3.32. The molecule has 0 aromatic carbocycles. The van der Waals surface area contributed by atoms with Crippen molar-refractivity contribution < 1.29 is 40.6 Å². The number of nitrogens with zero attached hydrogens (tertiary/aromatic N) is 1. The van der Waals surface area contributed by atoms with E-state index >= 15 is 0 Å². The first kappa shape index (κ1) is 17.8. The molecule has 0 amide bonds. The molecule has 11 heteroatoms. The Morgan fingerprint density at radius 1 is 1.29 bits per heavy atom. The van der Waals surface area contributed by atoms with Crippen molar-refractivity contribution in [3.63, 3.8) is 0 Å². The minimum atomic E-state index is -5.11. The van der Waals surface area contributed by atoms with Crippen LogP contribution < -0.4 is 4.74 Å². The van der Waals surface area contributed by atoms with Crippen LogP contribution in [0, 0.1) is 3.70 Å². The average molecular weight is 429 g/mol. The summed E-state index contributed by atoms with van der Waals surface area (Å²) in [6, 6.07) is 0.412. The van der Waals surface area contributed by atoms with E-state index in [2.05, 4.69) is 14.5 Å². The molecule has 0 saturated heterocycles. The first-order chi connectivity index (χ1) is 9.44. The first-order valence-corrected chi connectivity index (χ1v) is 6.11. The number of carbonyl (C=O) groups excluding carboxylic acids is 1. The zero-order valence-electron chi connectivity index (χ0n) is 10.1. The molecule has 0 fully saturated rings. The van der Waals surface area contributed by atoms with Gasteiger partial charge in [0.25, 0.3) is 0 Å². The third-order valence-electron chi connectivity index (χ3n) is 2.10. The number of pyridine rings is 1. The molecule has 118 valence electrons. The second kappa shape index (κ2) is 6.23. The largest absolute Gasteiger partial charge is 0.574 e. The molecule has 0 radical (unpaired) electrons. The SMILES string of the molecule is COC(=O)Cc1cc(OC(F)(F)F)nc(I)c1C(F)(F)F. The van der Waals surface area contributed by atoms with Crippen molar-refractivity contribution in [3.8, 4) is 5.88 Å². The minimum absolute atomic E-state index is 0.412. The smallest absolute Gasteiger partial charge is 0.469 e. The summed E-state index contributed by atoms with van der Waals surface area (Å²) >= 11 is 1.12. The monoisotopic (exact) mass is 429 g/mol. The lowest BCUT2D eigenvalue weighted by Gasteiger charge is -2.16. The summed E-state index contributed by atoms with van der Waals surface area (Å²) in [6.45, 7) is 0. The van der Waals surface area contributed by atoms with Gasteiger partial charge >= 0.3 is 18.5 Å². The van der Waals surface area contributed by atoms with Gasteiger partial charge in [0.05, 0.1) is 19.1 Å². The van der Waals surface area contributed by atoms with Gasteiger partial charge < -0.3 is 9.47 Å². The van der Waals surface area contributed by atoms with Crippen molar-refractivity contribution in [2.45, 2.75) is 19.0 Å². The lowest BCUT2D eigenvalue weighted by atomic mass is 10.1. The predicted molar refractivity (Wildman–Crippen MR) is 64.4 cm³/mol. The number of esters is 1. The fraction of sp³-hybridized carbons (Fsp3) is 0.400. The third kappa shape index (κ3) is 5.21.